The summed E-state index contributed by atoms with van der Waals surface area (Å²) >= 11 is 0. The molecule has 0 aliphatic carbocycles. The molecule has 1 aliphatic rings. The number of nitrogens with two attached hydrogens (primary N) is 1. The van der Waals surface area contributed by atoms with Gasteiger partial charge in [-0.05, 0) is 26.2 Å². The molecule has 5 heteroatoms. The molecule has 118 valence electrons. The zero-order chi connectivity index (χ0) is 15.6. The molecule has 0 aromatic heterocycles. The molecule has 0 saturated carbocycles. The van der Waals surface area contributed by atoms with E-state index in [0.29, 0.717) is 6.54 Å². The lowest BCUT2D eigenvalue weighted by Crippen LogP contribution is -2.35. The SMILES string of the molecule is CC.CC(C)CC(C)(C)N.OCC1NCC(O)C1O. The fourth-order valence-electron chi connectivity index (χ4n) is 2.01. The fourth-order valence-corrected chi connectivity index (χ4v) is 2.01. The minimum Gasteiger partial charge on any atom is -0.395 e. The largest absolute Gasteiger partial charge is 0.395 e. The highest BCUT2D eigenvalue weighted by molar-refractivity contribution is 4.89. The summed E-state index contributed by atoms with van der Waals surface area (Å²) in [7, 11) is 0. The van der Waals surface area contributed by atoms with Crippen molar-refractivity contribution in [2.24, 2.45) is 11.7 Å². The van der Waals surface area contributed by atoms with Gasteiger partial charge in [0, 0.05) is 12.1 Å². The molecule has 1 heterocycles. The highest BCUT2D eigenvalue weighted by atomic mass is 16.3. The highest BCUT2D eigenvalue weighted by Crippen LogP contribution is 2.11. The summed E-state index contributed by atoms with van der Waals surface area (Å²) < 4.78 is 0. The maximum absolute atomic E-state index is 8.98. The normalized spacial score (nSPS) is 26.4. The lowest BCUT2D eigenvalue weighted by Gasteiger charge is -2.20. The summed E-state index contributed by atoms with van der Waals surface area (Å²) in [5.41, 5.74) is 5.76. The average Bonchev–Trinajstić information content (AvgIpc) is 2.59. The summed E-state index contributed by atoms with van der Waals surface area (Å²) in [5.74, 6) is 0.718. The van der Waals surface area contributed by atoms with Crippen LogP contribution in [0.5, 0.6) is 0 Å². The number of hydrogen-bond acceptors (Lipinski definition) is 5. The van der Waals surface area contributed by atoms with Gasteiger partial charge in [-0.25, -0.2) is 0 Å². The Bertz CT molecular complexity index is 205. The Kier molecular flexibility index (Phi) is 11.7. The molecular formula is C14H34N2O3. The van der Waals surface area contributed by atoms with E-state index in [0.717, 1.165) is 12.3 Å². The van der Waals surface area contributed by atoms with E-state index >= 15 is 0 Å². The third-order valence-corrected chi connectivity index (χ3v) is 2.53. The van der Waals surface area contributed by atoms with E-state index in [1.165, 1.54) is 0 Å². The number of aliphatic hydroxyl groups excluding tert-OH is 3. The quantitative estimate of drug-likeness (QED) is 0.517. The van der Waals surface area contributed by atoms with E-state index in [2.05, 4.69) is 33.0 Å². The molecule has 0 amide bonds. The van der Waals surface area contributed by atoms with E-state index in [1.54, 1.807) is 0 Å². The van der Waals surface area contributed by atoms with Crippen LogP contribution < -0.4 is 11.1 Å². The van der Waals surface area contributed by atoms with Crippen molar-refractivity contribution < 1.29 is 15.3 Å². The van der Waals surface area contributed by atoms with Crippen molar-refractivity contribution in [2.75, 3.05) is 13.2 Å². The molecule has 1 aliphatic heterocycles. The summed E-state index contributed by atoms with van der Waals surface area (Å²) in [6, 6.07) is -0.347. The maximum atomic E-state index is 8.98. The molecule has 1 rings (SSSR count). The van der Waals surface area contributed by atoms with Crippen molar-refractivity contribution in [2.45, 2.75) is 71.8 Å². The van der Waals surface area contributed by atoms with Crippen LogP contribution in [0.2, 0.25) is 0 Å². The molecule has 6 N–H and O–H groups in total. The van der Waals surface area contributed by atoms with Crippen LogP contribution in [0.15, 0.2) is 0 Å². The van der Waals surface area contributed by atoms with Crippen LogP contribution >= 0.6 is 0 Å². The molecule has 5 nitrogen and oxygen atoms in total. The van der Waals surface area contributed by atoms with Gasteiger partial charge in [0.2, 0.25) is 0 Å². The second kappa shape index (κ2) is 10.6. The molecule has 0 spiro atoms. The van der Waals surface area contributed by atoms with E-state index < -0.39 is 12.2 Å². The second-order valence-electron chi connectivity index (χ2n) is 5.84. The van der Waals surface area contributed by atoms with Crippen LogP contribution in [-0.2, 0) is 0 Å². The lowest BCUT2D eigenvalue weighted by molar-refractivity contribution is 0.0295. The van der Waals surface area contributed by atoms with Crippen LogP contribution in [0.3, 0.4) is 0 Å². The molecule has 3 atom stereocenters. The average molecular weight is 278 g/mol. The number of hydrogen-bond donors (Lipinski definition) is 5. The monoisotopic (exact) mass is 278 g/mol. The first kappa shape index (κ1) is 21.1. The maximum Gasteiger partial charge on any atom is 0.0986 e. The Labute approximate surface area is 118 Å². The van der Waals surface area contributed by atoms with Crippen LogP contribution in [0.25, 0.3) is 0 Å². The van der Waals surface area contributed by atoms with Crippen LogP contribution in [0.4, 0.5) is 0 Å². The zero-order valence-electron chi connectivity index (χ0n) is 13.3. The van der Waals surface area contributed by atoms with Gasteiger partial charge >= 0.3 is 0 Å². The molecule has 1 saturated heterocycles. The molecule has 0 aromatic carbocycles. The third kappa shape index (κ3) is 11.3. The van der Waals surface area contributed by atoms with E-state index in [-0.39, 0.29) is 18.2 Å². The van der Waals surface area contributed by atoms with Crippen molar-refractivity contribution in [3.05, 3.63) is 0 Å². The molecule has 0 radical (unpaired) electrons. The molecule has 19 heavy (non-hydrogen) atoms. The molecular weight excluding hydrogens is 244 g/mol. The highest BCUT2D eigenvalue weighted by Gasteiger charge is 2.31. The van der Waals surface area contributed by atoms with Crippen LogP contribution in [-0.4, -0.2) is 52.3 Å². The number of nitrogens with one attached hydrogen (secondary N) is 1. The van der Waals surface area contributed by atoms with E-state index in [1.807, 2.05) is 13.8 Å². The first-order chi connectivity index (χ1) is 8.67. The van der Waals surface area contributed by atoms with Gasteiger partial charge in [0.05, 0.1) is 24.9 Å². The third-order valence-electron chi connectivity index (χ3n) is 2.53. The fraction of sp³-hybridized carbons (Fsp3) is 1.00. The van der Waals surface area contributed by atoms with Crippen molar-refractivity contribution in [3.63, 3.8) is 0 Å². The second-order valence-corrected chi connectivity index (χ2v) is 5.84. The summed E-state index contributed by atoms with van der Waals surface area (Å²) in [6.45, 7) is 12.7. The van der Waals surface area contributed by atoms with Gasteiger partial charge in [0.1, 0.15) is 0 Å². The van der Waals surface area contributed by atoms with Gasteiger partial charge in [-0.1, -0.05) is 27.7 Å². The predicted molar refractivity (Wildman–Crippen MR) is 80.0 cm³/mol. The van der Waals surface area contributed by atoms with Crippen LogP contribution in [0.1, 0.15) is 48.0 Å². The summed E-state index contributed by atoms with van der Waals surface area (Å²) in [4.78, 5) is 0. The van der Waals surface area contributed by atoms with Gasteiger partial charge < -0.3 is 26.4 Å². The zero-order valence-corrected chi connectivity index (χ0v) is 13.3. The molecule has 0 bridgehead atoms. The summed E-state index contributed by atoms with van der Waals surface area (Å²) in [6.07, 6.45) is -0.426. The molecule has 0 aromatic rings. The minimum atomic E-state index is -0.810. The van der Waals surface area contributed by atoms with Crippen LogP contribution in [0, 0.1) is 5.92 Å². The summed E-state index contributed by atoms with van der Waals surface area (Å²) in [5, 5.41) is 29.1. The van der Waals surface area contributed by atoms with Gasteiger partial charge in [-0.15, -0.1) is 0 Å². The first-order valence-electron chi connectivity index (χ1n) is 7.16. The van der Waals surface area contributed by atoms with Crippen molar-refractivity contribution in [1.29, 1.82) is 0 Å². The smallest absolute Gasteiger partial charge is 0.0986 e. The standard InChI is InChI=1S/C7H17N.C5H11NO3.C2H6/c1-6(2)5-7(3,4)8;7-2-3-5(9)4(8)1-6-3;1-2/h6H,5,8H2,1-4H3;3-9H,1-2H2;1-2H3. The van der Waals surface area contributed by atoms with Crippen molar-refractivity contribution in [1.82, 2.24) is 5.32 Å². The van der Waals surface area contributed by atoms with E-state index in [4.69, 9.17) is 21.1 Å². The lowest BCUT2D eigenvalue weighted by atomic mass is 9.94. The Balaban J connectivity index is 0. The minimum absolute atomic E-state index is 0.0220. The Morgan fingerprint density at radius 1 is 1.26 bits per heavy atom. The molecule has 1 fully saturated rings. The van der Waals surface area contributed by atoms with Crippen molar-refractivity contribution in [3.8, 4) is 0 Å². The van der Waals surface area contributed by atoms with E-state index in [9.17, 15) is 0 Å². The van der Waals surface area contributed by atoms with Gasteiger partial charge in [-0.2, -0.15) is 0 Å². The van der Waals surface area contributed by atoms with Crippen molar-refractivity contribution >= 4 is 0 Å². The Hall–Kier alpha value is -0.200. The number of rotatable bonds is 3. The first-order valence-corrected chi connectivity index (χ1v) is 7.16. The van der Waals surface area contributed by atoms with Gasteiger partial charge in [-0.3, -0.25) is 0 Å². The topological polar surface area (TPSA) is 98.7 Å². The van der Waals surface area contributed by atoms with Gasteiger partial charge in [0.25, 0.3) is 0 Å². The van der Waals surface area contributed by atoms with Gasteiger partial charge in [0.15, 0.2) is 0 Å². The number of aliphatic hydroxyl groups is 3. The number of β-amino-alcohol motifs (C(OH)–C–C–N with tert-alkyl or cyclic N) is 1. The molecule has 3 unspecified atom stereocenters. The predicted octanol–water partition coefficient (Wildman–Crippen LogP) is 0.468. The Morgan fingerprint density at radius 3 is 1.84 bits per heavy atom. The Morgan fingerprint density at radius 2 is 1.74 bits per heavy atom.